The van der Waals surface area contributed by atoms with Crippen molar-refractivity contribution in [1.82, 2.24) is 4.98 Å². The molecule has 10 atom stereocenters. The Balaban J connectivity index is 1.60. The van der Waals surface area contributed by atoms with Gasteiger partial charge in [-0.3, -0.25) is 9.59 Å². The first-order valence-electron chi connectivity index (χ1n) is 14.3. The fraction of sp³-hybridized carbons (Fsp3) is 0.750. The molecule has 8 rings (SSSR count). The Bertz CT molecular complexity index is 1390. The number of carbonyl (C=O) groups excluding carboxylic acids is 3. The summed E-state index contributed by atoms with van der Waals surface area (Å²) in [4.78, 5) is 42.6. The molecule has 3 aliphatic heterocycles. The zero-order valence-corrected chi connectivity index (χ0v) is 24.0. The van der Waals surface area contributed by atoms with Gasteiger partial charge in [-0.1, -0.05) is 27.7 Å². The summed E-state index contributed by atoms with van der Waals surface area (Å²) in [5.74, 6) is -5.12. The minimum Gasteiger partial charge on any atom is -0.451 e. The number of carbonyl (C=O) groups is 3. The largest absolute Gasteiger partial charge is 0.457 e. The van der Waals surface area contributed by atoms with Crippen LogP contribution in [0.2, 0.25) is 6.32 Å². The molecule has 41 heavy (non-hydrogen) atoms. The van der Waals surface area contributed by atoms with Gasteiger partial charge >= 0.3 is 19.1 Å². The molecule has 3 saturated heterocycles. The third-order valence-corrected chi connectivity index (χ3v) is 12.0. The SMILES string of the molecule is CCB1O[C@]23CCC(=O)[C@@H](OC(C)=O)[C@@]24O[C@@]2(O)C[C@]3(C)[C@]3(O1)[C@H](OC(=O)c1ccc[nH]1)[C@](O)(C(C)C)[C@]2(C)[C@@]34O. The van der Waals surface area contributed by atoms with Crippen molar-refractivity contribution in [1.29, 1.82) is 0 Å². The average molecular weight is 573 g/mol. The third kappa shape index (κ3) is 2.23. The smallest absolute Gasteiger partial charge is 0.451 e. The van der Waals surface area contributed by atoms with Gasteiger partial charge in [0, 0.05) is 31.4 Å². The van der Waals surface area contributed by atoms with Gasteiger partial charge in [0.2, 0.25) is 0 Å². The minimum atomic E-state index is -2.45. The molecule has 3 spiro atoms. The maximum Gasteiger partial charge on any atom is 0.457 e. The van der Waals surface area contributed by atoms with E-state index in [1.54, 1.807) is 33.0 Å². The Morgan fingerprint density at radius 1 is 1.17 bits per heavy atom. The number of rotatable bonds is 5. The highest BCUT2D eigenvalue weighted by Crippen LogP contribution is 2.92. The number of aliphatic hydroxyl groups is 3. The highest BCUT2D eigenvalue weighted by molar-refractivity contribution is 6.45. The van der Waals surface area contributed by atoms with E-state index in [1.807, 2.05) is 6.92 Å². The van der Waals surface area contributed by atoms with Crippen molar-refractivity contribution in [2.75, 3.05) is 0 Å². The van der Waals surface area contributed by atoms with E-state index in [0.717, 1.165) is 6.92 Å². The number of hydrogen-bond donors (Lipinski definition) is 4. The predicted molar refractivity (Wildman–Crippen MR) is 138 cm³/mol. The molecule has 4 heterocycles. The van der Waals surface area contributed by atoms with Gasteiger partial charge in [-0.05, 0) is 37.7 Å². The summed E-state index contributed by atoms with van der Waals surface area (Å²) in [6.45, 7) is 9.57. The van der Waals surface area contributed by atoms with Gasteiger partial charge in [0.15, 0.2) is 29.4 Å². The minimum absolute atomic E-state index is 0.0578. The molecule has 1 aromatic rings. The maximum atomic E-state index is 13.7. The Morgan fingerprint density at radius 3 is 2.46 bits per heavy atom. The summed E-state index contributed by atoms with van der Waals surface area (Å²) in [5, 5.41) is 39.0. The van der Waals surface area contributed by atoms with Gasteiger partial charge in [0.1, 0.15) is 22.5 Å². The molecule has 0 aromatic carbocycles. The van der Waals surface area contributed by atoms with E-state index in [0.29, 0.717) is 6.32 Å². The zero-order valence-electron chi connectivity index (χ0n) is 24.0. The molecule has 4 saturated carbocycles. The van der Waals surface area contributed by atoms with Gasteiger partial charge in [-0.25, -0.2) is 4.79 Å². The Hall–Kier alpha value is -2.29. The van der Waals surface area contributed by atoms with Crippen molar-refractivity contribution >= 4 is 24.8 Å². The van der Waals surface area contributed by atoms with Crippen molar-refractivity contribution in [2.24, 2.45) is 16.7 Å². The molecular weight excluding hydrogens is 537 g/mol. The van der Waals surface area contributed by atoms with Crippen LogP contribution in [0.1, 0.15) is 71.3 Å². The Labute approximate surface area is 237 Å². The van der Waals surface area contributed by atoms with E-state index >= 15 is 0 Å². The molecule has 7 fully saturated rings. The van der Waals surface area contributed by atoms with Gasteiger partial charge in [0.25, 0.3) is 0 Å². The van der Waals surface area contributed by atoms with E-state index in [1.165, 1.54) is 13.0 Å². The molecule has 4 N–H and O–H groups in total. The number of Topliss-reactive ketones (excluding diaryl/α,β-unsaturated/α-hetero) is 1. The highest BCUT2D eigenvalue weighted by Gasteiger charge is 3.12. The number of ketones is 1. The standard InChI is InChI=1S/C28H36BNO11/c1-7-29-40-23-11-10-17(32)18(37-15(4)31)26(23)28(36)22(6)24(34,39-26)13-21(23,5)27(28,41-29)20(25(22,35)14(2)3)38-19(33)16-9-8-12-30-16/h8-9,12,14,18,20,30,34-36H,7,10-11,13H2,1-6H3/t18-,20-,21+,22-,23+,24+,25-,26-,27-,28+/m1/s1. The summed E-state index contributed by atoms with van der Waals surface area (Å²) < 4.78 is 32.0. The second kappa shape index (κ2) is 7.43. The normalized spacial score (nSPS) is 52.2. The van der Waals surface area contributed by atoms with Gasteiger partial charge in [-0.2, -0.15) is 0 Å². The first-order valence-corrected chi connectivity index (χ1v) is 14.3. The van der Waals surface area contributed by atoms with Crippen LogP contribution in [0.15, 0.2) is 18.3 Å². The monoisotopic (exact) mass is 573 g/mol. The van der Waals surface area contributed by atoms with E-state index in [2.05, 4.69) is 4.98 Å². The summed E-state index contributed by atoms with van der Waals surface area (Å²) in [6, 6.07) is 3.14. The number of esters is 2. The predicted octanol–water partition coefficient (Wildman–Crippen LogP) is 0.886. The molecule has 7 aliphatic rings. The zero-order chi connectivity index (χ0) is 29.8. The molecule has 0 amide bonds. The van der Waals surface area contributed by atoms with Crippen LogP contribution in [-0.4, -0.2) is 91.1 Å². The summed E-state index contributed by atoms with van der Waals surface area (Å²) in [5.41, 5.74) is -13.6. The van der Waals surface area contributed by atoms with Gasteiger partial charge < -0.3 is 43.8 Å². The van der Waals surface area contributed by atoms with Crippen molar-refractivity contribution in [2.45, 2.75) is 113 Å². The Morgan fingerprint density at radius 2 is 1.88 bits per heavy atom. The molecule has 13 heteroatoms. The molecule has 0 radical (unpaired) electrons. The molecule has 0 unspecified atom stereocenters. The summed E-state index contributed by atoms with van der Waals surface area (Å²) >= 11 is 0. The number of aromatic amines is 1. The van der Waals surface area contributed by atoms with E-state index in [9.17, 15) is 29.7 Å². The molecular formula is C28H36BNO11. The lowest BCUT2D eigenvalue weighted by molar-refractivity contribution is -0.386. The summed E-state index contributed by atoms with van der Waals surface area (Å²) in [6.07, 6.45) is -1.57. The van der Waals surface area contributed by atoms with Crippen LogP contribution in [0, 0.1) is 16.7 Å². The number of aromatic nitrogens is 1. The fourth-order valence-electron chi connectivity index (χ4n) is 10.6. The lowest BCUT2D eigenvalue weighted by Gasteiger charge is -2.65. The number of ether oxygens (including phenoxy) is 3. The number of H-pyrrole nitrogens is 1. The molecule has 222 valence electrons. The third-order valence-electron chi connectivity index (χ3n) is 12.0. The lowest BCUT2D eigenvalue weighted by Crippen LogP contribution is -2.78. The van der Waals surface area contributed by atoms with Crippen LogP contribution < -0.4 is 0 Å². The van der Waals surface area contributed by atoms with Gasteiger partial charge in [0.05, 0.1) is 11.0 Å². The highest BCUT2D eigenvalue weighted by atomic mass is 16.7. The van der Waals surface area contributed by atoms with Crippen LogP contribution in [-0.2, 0) is 33.1 Å². The van der Waals surface area contributed by atoms with E-state index in [4.69, 9.17) is 23.5 Å². The topological polar surface area (TPSA) is 174 Å². The van der Waals surface area contributed by atoms with Crippen molar-refractivity contribution in [3.05, 3.63) is 24.0 Å². The van der Waals surface area contributed by atoms with Gasteiger partial charge in [-0.15, -0.1) is 0 Å². The first-order chi connectivity index (χ1) is 19.0. The molecule has 7 bridgehead atoms. The molecule has 1 aromatic heterocycles. The molecule has 12 nitrogen and oxygen atoms in total. The van der Waals surface area contributed by atoms with Crippen LogP contribution in [0.3, 0.4) is 0 Å². The van der Waals surface area contributed by atoms with Crippen LogP contribution in [0.4, 0.5) is 0 Å². The fourth-order valence-corrected chi connectivity index (χ4v) is 10.6. The quantitative estimate of drug-likeness (QED) is 0.291. The van der Waals surface area contributed by atoms with Crippen molar-refractivity contribution in [3.8, 4) is 0 Å². The van der Waals surface area contributed by atoms with Crippen molar-refractivity contribution in [3.63, 3.8) is 0 Å². The van der Waals surface area contributed by atoms with Crippen molar-refractivity contribution < 1.29 is 53.2 Å². The summed E-state index contributed by atoms with van der Waals surface area (Å²) in [7, 11) is -0.971. The second-order valence-corrected chi connectivity index (χ2v) is 13.4. The number of hydrogen-bond acceptors (Lipinski definition) is 11. The first kappa shape index (κ1) is 27.5. The maximum absolute atomic E-state index is 13.7. The van der Waals surface area contributed by atoms with E-state index < -0.39 is 87.6 Å². The van der Waals surface area contributed by atoms with Crippen LogP contribution in [0.5, 0.6) is 0 Å². The Kier molecular flexibility index (Phi) is 4.99. The molecule has 4 aliphatic carbocycles. The second-order valence-electron chi connectivity index (χ2n) is 13.4. The average Bonchev–Trinajstić information content (AvgIpc) is 3.50. The number of nitrogens with one attached hydrogen (secondary N) is 1. The lowest BCUT2D eigenvalue weighted by atomic mass is 9.51. The van der Waals surface area contributed by atoms with Crippen LogP contribution in [0.25, 0.3) is 0 Å². The van der Waals surface area contributed by atoms with E-state index in [-0.39, 0.29) is 25.0 Å². The van der Waals surface area contributed by atoms with Crippen LogP contribution >= 0.6 is 0 Å².